The normalized spacial score (nSPS) is 16.1. The molecule has 0 radical (unpaired) electrons. The van der Waals surface area contributed by atoms with Crippen LogP contribution in [0.25, 0.3) is 0 Å². The number of thiophene rings is 1. The Morgan fingerprint density at radius 1 is 1.27 bits per heavy atom. The monoisotopic (exact) mass is 427 g/mol. The fourth-order valence-electron chi connectivity index (χ4n) is 3.45. The van der Waals surface area contributed by atoms with E-state index in [4.69, 9.17) is 4.74 Å². The first-order valence-electron chi connectivity index (χ1n) is 10.2. The molecule has 0 bridgehead atoms. The molecule has 30 heavy (non-hydrogen) atoms. The minimum Gasteiger partial charge on any atom is -0.383 e. The molecule has 160 valence electrons. The highest BCUT2D eigenvalue weighted by atomic mass is 32.1. The highest BCUT2D eigenvalue weighted by Crippen LogP contribution is 2.34. The van der Waals surface area contributed by atoms with Crippen molar-refractivity contribution in [1.82, 2.24) is 9.91 Å². The predicted molar refractivity (Wildman–Crippen MR) is 120 cm³/mol. The first-order valence-corrected chi connectivity index (χ1v) is 11.1. The molecule has 2 heterocycles. The molecular weight excluding hydrogens is 398 g/mol. The number of benzene rings is 1. The molecule has 1 aliphatic rings. The van der Waals surface area contributed by atoms with Gasteiger partial charge in [-0.15, -0.1) is 11.3 Å². The summed E-state index contributed by atoms with van der Waals surface area (Å²) in [6, 6.07) is 12.0. The van der Waals surface area contributed by atoms with Crippen LogP contribution in [-0.2, 0) is 14.3 Å². The van der Waals surface area contributed by atoms with E-state index in [1.165, 1.54) is 5.56 Å². The molecule has 0 fully saturated rings. The van der Waals surface area contributed by atoms with Crippen molar-refractivity contribution < 1.29 is 14.3 Å². The maximum Gasteiger partial charge on any atom is 0.262 e. The van der Waals surface area contributed by atoms with Crippen LogP contribution in [0.1, 0.15) is 42.3 Å². The second kappa shape index (κ2) is 10.00. The Kier molecular flexibility index (Phi) is 7.39. The van der Waals surface area contributed by atoms with Crippen LogP contribution < -0.4 is 0 Å². The van der Waals surface area contributed by atoms with Crippen LogP contribution in [0.4, 0.5) is 0 Å². The maximum atomic E-state index is 13.3. The van der Waals surface area contributed by atoms with Crippen molar-refractivity contribution in [2.75, 3.05) is 26.8 Å². The SMILES string of the molecule is COCCN(CC(=O)N1N=C(c2cccs2)CC1c1ccc(C)cc1)C(=O)C(C)C. The van der Waals surface area contributed by atoms with E-state index < -0.39 is 0 Å². The van der Waals surface area contributed by atoms with Crippen LogP contribution in [0.5, 0.6) is 0 Å². The van der Waals surface area contributed by atoms with Crippen LogP contribution in [0.2, 0.25) is 0 Å². The van der Waals surface area contributed by atoms with Crippen molar-refractivity contribution in [2.45, 2.75) is 33.2 Å². The molecule has 6 nitrogen and oxygen atoms in total. The summed E-state index contributed by atoms with van der Waals surface area (Å²) in [5, 5.41) is 8.26. The Hall–Kier alpha value is -2.51. The highest BCUT2D eigenvalue weighted by molar-refractivity contribution is 7.12. The third kappa shape index (κ3) is 5.15. The van der Waals surface area contributed by atoms with Crippen LogP contribution in [0, 0.1) is 12.8 Å². The Bertz CT molecular complexity index is 891. The van der Waals surface area contributed by atoms with Gasteiger partial charge in [-0.25, -0.2) is 5.01 Å². The number of carbonyl (C=O) groups excluding carboxylic acids is 2. The Morgan fingerprint density at radius 3 is 2.60 bits per heavy atom. The lowest BCUT2D eigenvalue weighted by molar-refractivity contribution is -0.143. The fourth-order valence-corrected chi connectivity index (χ4v) is 4.17. The minimum absolute atomic E-state index is 0.00997. The summed E-state index contributed by atoms with van der Waals surface area (Å²) in [5.74, 6) is -0.433. The summed E-state index contributed by atoms with van der Waals surface area (Å²) < 4.78 is 5.13. The second-order valence-electron chi connectivity index (χ2n) is 7.80. The smallest absolute Gasteiger partial charge is 0.262 e. The lowest BCUT2D eigenvalue weighted by atomic mass is 10.00. The summed E-state index contributed by atoms with van der Waals surface area (Å²) in [4.78, 5) is 28.5. The molecule has 2 aromatic rings. The van der Waals surface area contributed by atoms with E-state index in [1.807, 2.05) is 50.4 Å². The quantitative estimate of drug-likeness (QED) is 0.643. The molecule has 3 rings (SSSR count). The average Bonchev–Trinajstić information content (AvgIpc) is 3.40. The molecule has 2 amide bonds. The van der Waals surface area contributed by atoms with Crippen molar-refractivity contribution in [3.8, 4) is 0 Å². The number of hydrogen-bond donors (Lipinski definition) is 0. The van der Waals surface area contributed by atoms with Gasteiger partial charge < -0.3 is 9.64 Å². The molecule has 1 aromatic carbocycles. The van der Waals surface area contributed by atoms with Crippen molar-refractivity contribution in [1.29, 1.82) is 0 Å². The van der Waals surface area contributed by atoms with E-state index in [0.29, 0.717) is 19.6 Å². The van der Waals surface area contributed by atoms with E-state index >= 15 is 0 Å². The third-order valence-corrected chi connectivity index (χ3v) is 6.05. The minimum atomic E-state index is -0.189. The van der Waals surface area contributed by atoms with E-state index in [1.54, 1.807) is 28.4 Å². The largest absolute Gasteiger partial charge is 0.383 e. The summed E-state index contributed by atoms with van der Waals surface area (Å²) in [5.41, 5.74) is 3.12. The van der Waals surface area contributed by atoms with Crippen LogP contribution in [0.15, 0.2) is 46.9 Å². The van der Waals surface area contributed by atoms with Crippen molar-refractivity contribution in [3.05, 3.63) is 57.8 Å². The number of amides is 2. The first kappa shape index (κ1) is 22.2. The number of hydrogen-bond acceptors (Lipinski definition) is 5. The zero-order valence-corrected chi connectivity index (χ0v) is 18.8. The van der Waals surface area contributed by atoms with Crippen LogP contribution in [0.3, 0.4) is 0 Å². The number of ether oxygens (including phenoxy) is 1. The van der Waals surface area contributed by atoms with Gasteiger partial charge in [0.15, 0.2) is 0 Å². The van der Waals surface area contributed by atoms with Crippen LogP contribution in [-0.4, -0.2) is 54.2 Å². The van der Waals surface area contributed by atoms with Gasteiger partial charge >= 0.3 is 0 Å². The van der Waals surface area contributed by atoms with E-state index in [-0.39, 0.29) is 30.3 Å². The summed E-state index contributed by atoms with van der Waals surface area (Å²) >= 11 is 1.62. The molecule has 0 N–H and O–H groups in total. The van der Waals surface area contributed by atoms with Gasteiger partial charge in [-0.2, -0.15) is 5.10 Å². The lowest BCUT2D eigenvalue weighted by Crippen LogP contribution is -2.44. The fraction of sp³-hybridized carbons (Fsp3) is 0.435. The van der Waals surface area contributed by atoms with Gasteiger partial charge in [-0.1, -0.05) is 49.7 Å². The molecule has 0 spiro atoms. The van der Waals surface area contributed by atoms with Crippen molar-refractivity contribution >= 4 is 28.9 Å². The van der Waals surface area contributed by atoms with Crippen LogP contribution >= 0.6 is 11.3 Å². The summed E-state index contributed by atoms with van der Waals surface area (Å²) in [7, 11) is 1.59. The van der Waals surface area contributed by atoms with E-state index in [9.17, 15) is 9.59 Å². The molecule has 0 saturated heterocycles. The molecule has 7 heteroatoms. The summed E-state index contributed by atoms with van der Waals surface area (Å²) in [6.45, 7) is 6.47. The Morgan fingerprint density at radius 2 is 2.00 bits per heavy atom. The topological polar surface area (TPSA) is 62.2 Å². The lowest BCUT2D eigenvalue weighted by Gasteiger charge is -2.28. The second-order valence-corrected chi connectivity index (χ2v) is 8.75. The van der Waals surface area contributed by atoms with Crippen molar-refractivity contribution in [2.24, 2.45) is 11.0 Å². The number of aryl methyl sites for hydroxylation is 1. The standard InChI is InChI=1S/C23H29N3O3S/c1-16(2)23(28)25(11-12-29-4)15-22(27)26-20(18-9-7-17(3)8-10-18)14-19(24-26)21-6-5-13-30-21/h5-10,13,16,20H,11-12,14-15H2,1-4H3. The van der Waals surface area contributed by atoms with Gasteiger partial charge in [0, 0.05) is 26.0 Å². The van der Waals surface area contributed by atoms with E-state index in [0.717, 1.165) is 16.2 Å². The number of nitrogens with zero attached hydrogens (tertiary/aromatic N) is 3. The van der Waals surface area contributed by atoms with Gasteiger partial charge in [0.2, 0.25) is 5.91 Å². The molecule has 1 unspecified atom stereocenters. The Labute approximate surface area is 182 Å². The molecule has 0 saturated carbocycles. The molecule has 1 atom stereocenters. The molecule has 0 aliphatic carbocycles. The first-order chi connectivity index (χ1) is 14.4. The highest BCUT2D eigenvalue weighted by Gasteiger charge is 2.34. The number of hydrazone groups is 1. The van der Waals surface area contributed by atoms with E-state index in [2.05, 4.69) is 17.2 Å². The molecule has 1 aliphatic heterocycles. The zero-order chi connectivity index (χ0) is 21.7. The number of rotatable bonds is 8. The van der Waals surface area contributed by atoms with Crippen molar-refractivity contribution in [3.63, 3.8) is 0 Å². The number of carbonyl (C=O) groups is 2. The molecular formula is C23H29N3O3S. The summed E-state index contributed by atoms with van der Waals surface area (Å²) in [6.07, 6.45) is 0.658. The third-order valence-electron chi connectivity index (χ3n) is 5.13. The number of methoxy groups -OCH3 is 1. The average molecular weight is 428 g/mol. The Balaban J connectivity index is 1.86. The predicted octanol–water partition coefficient (Wildman–Crippen LogP) is 3.87. The van der Waals surface area contributed by atoms with Gasteiger partial charge in [0.25, 0.3) is 5.91 Å². The maximum absolute atomic E-state index is 13.3. The molecule has 1 aromatic heterocycles. The van der Waals surface area contributed by atoms with Gasteiger partial charge in [-0.3, -0.25) is 9.59 Å². The van der Waals surface area contributed by atoms with Gasteiger partial charge in [-0.05, 0) is 23.9 Å². The van der Waals surface area contributed by atoms with Gasteiger partial charge in [0.1, 0.15) is 6.54 Å². The van der Waals surface area contributed by atoms with Gasteiger partial charge in [0.05, 0.1) is 23.2 Å². The zero-order valence-electron chi connectivity index (χ0n) is 18.0.